The first-order valence-corrected chi connectivity index (χ1v) is 12.4. The fraction of sp³-hybridized carbons (Fsp3) is 0.269. The van der Waals surface area contributed by atoms with E-state index in [1.807, 2.05) is 36.0 Å². The van der Waals surface area contributed by atoms with E-state index < -0.39 is 6.80 Å². The van der Waals surface area contributed by atoms with Gasteiger partial charge in [-0.05, 0) is 30.5 Å². The van der Waals surface area contributed by atoms with Crippen LogP contribution < -0.4 is 11.1 Å². The van der Waals surface area contributed by atoms with E-state index in [0.29, 0.717) is 34.6 Å². The fourth-order valence-electron chi connectivity index (χ4n) is 3.92. The lowest BCUT2D eigenvalue weighted by Crippen LogP contribution is -2.17. The Kier molecular flexibility index (Phi) is 7.37. The Morgan fingerprint density at radius 3 is 2.46 bits per heavy atom. The van der Waals surface area contributed by atoms with E-state index in [9.17, 15) is 4.39 Å². The van der Waals surface area contributed by atoms with Crippen molar-refractivity contribution < 1.29 is 13.7 Å². The Labute approximate surface area is 207 Å². The molecule has 9 heteroatoms. The maximum absolute atomic E-state index is 12.3. The molecule has 0 aliphatic carbocycles. The summed E-state index contributed by atoms with van der Waals surface area (Å²) >= 11 is 1.90. The normalized spacial score (nSPS) is 14.3. The zero-order valence-electron chi connectivity index (χ0n) is 19.1. The van der Waals surface area contributed by atoms with Crippen LogP contribution >= 0.6 is 11.8 Å². The molecule has 0 atom stereocenters. The fourth-order valence-corrected chi connectivity index (χ4v) is 5.02. The molecule has 7 nitrogen and oxygen atoms in total. The van der Waals surface area contributed by atoms with Crippen molar-refractivity contribution in [2.45, 2.75) is 29.5 Å². The van der Waals surface area contributed by atoms with Crippen LogP contribution in [0.5, 0.6) is 0 Å². The zero-order chi connectivity index (χ0) is 24.0. The summed E-state index contributed by atoms with van der Waals surface area (Å²) in [5, 5.41) is 7.44. The Bertz CT molecular complexity index is 1260. The summed E-state index contributed by atoms with van der Waals surface area (Å²) < 4.78 is 23.3. The molecule has 3 heterocycles. The number of nitrogens with zero attached hydrogens (tertiary/aromatic N) is 3. The molecule has 35 heavy (non-hydrogen) atoms. The number of ether oxygens (including phenoxy) is 1. The standard InChI is InChI=1S/C26H26FN5O2S/c27-16-29-14-17-1-3-18(4-2-17)22-13-24(34-32-22)25-26(28)30-15-23(31-25)19-5-7-20(8-6-19)35-21-9-11-33-12-10-21/h1-8,13,15,21,29H,9-12,14,16H2,(H2,28,30). The van der Waals surface area contributed by atoms with Crippen molar-refractivity contribution in [3.63, 3.8) is 0 Å². The van der Waals surface area contributed by atoms with Gasteiger partial charge >= 0.3 is 0 Å². The molecular formula is C26H26FN5O2S. The second-order valence-electron chi connectivity index (χ2n) is 8.28. The highest BCUT2D eigenvalue weighted by atomic mass is 32.2. The summed E-state index contributed by atoms with van der Waals surface area (Å²) in [4.78, 5) is 10.3. The maximum atomic E-state index is 12.3. The molecule has 1 saturated heterocycles. The summed E-state index contributed by atoms with van der Waals surface area (Å²) in [5.41, 5.74) is 10.8. The molecule has 0 unspecified atom stereocenters. The Morgan fingerprint density at radius 1 is 1.00 bits per heavy atom. The minimum atomic E-state index is -0.560. The number of aromatic nitrogens is 3. The van der Waals surface area contributed by atoms with Crippen molar-refractivity contribution in [3.8, 4) is 34.0 Å². The van der Waals surface area contributed by atoms with Gasteiger partial charge in [-0.3, -0.25) is 5.32 Å². The van der Waals surface area contributed by atoms with Crippen molar-refractivity contribution in [1.82, 2.24) is 20.4 Å². The minimum absolute atomic E-state index is 0.274. The topological polar surface area (TPSA) is 99.1 Å². The molecular weight excluding hydrogens is 465 g/mol. The van der Waals surface area contributed by atoms with Crippen LogP contribution in [0.1, 0.15) is 18.4 Å². The molecule has 0 bridgehead atoms. The van der Waals surface area contributed by atoms with Gasteiger partial charge in [-0.15, -0.1) is 11.8 Å². The molecule has 0 spiro atoms. The van der Waals surface area contributed by atoms with Gasteiger partial charge in [0.15, 0.2) is 17.3 Å². The number of anilines is 1. The van der Waals surface area contributed by atoms with Gasteiger partial charge in [0, 0.05) is 47.1 Å². The maximum Gasteiger partial charge on any atom is 0.189 e. The number of nitrogen functional groups attached to an aromatic ring is 1. The summed E-state index contributed by atoms with van der Waals surface area (Å²) in [6.45, 7) is 1.59. The number of halogens is 1. The molecule has 2 aromatic heterocycles. The highest BCUT2D eigenvalue weighted by Gasteiger charge is 2.17. The highest BCUT2D eigenvalue weighted by molar-refractivity contribution is 8.00. The predicted molar refractivity (Wildman–Crippen MR) is 135 cm³/mol. The van der Waals surface area contributed by atoms with Gasteiger partial charge in [0.05, 0.1) is 11.9 Å². The number of thioether (sulfide) groups is 1. The molecule has 180 valence electrons. The first-order valence-electron chi connectivity index (χ1n) is 11.5. The van der Waals surface area contributed by atoms with Crippen LogP contribution in [-0.4, -0.2) is 40.4 Å². The lowest BCUT2D eigenvalue weighted by atomic mass is 10.1. The van der Waals surface area contributed by atoms with Crippen LogP contribution in [0.15, 0.2) is 70.2 Å². The predicted octanol–water partition coefficient (Wildman–Crippen LogP) is 5.34. The van der Waals surface area contributed by atoms with E-state index >= 15 is 0 Å². The van der Waals surface area contributed by atoms with Crippen molar-refractivity contribution in [2.24, 2.45) is 0 Å². The molecule has 1 aliphatic heterocycles. The van der Waals surface area contributed by atoms with Crippen molar-refractivity contribution in [2.75, 3.05) is 25.7 Å². The number of rotatable bonds is 8. The quantitative estimate of drug-likeness (QED) is 0.319. The van der Waals surface area contributed by atoms with E-state index in [1.54, 1.807) is 12.3 Å². The molecule has 4 aromatic rings. The number of benzene rings is 2. The average molecular weight is 492 g/mol. The van der Waals surface area contributed by atoms with E-state index in [0.717, 1.165) is 42.7 Å². The number of nitrogens with one attached hydrogen (secondary N) is 1. The van der Waals surface area contributed by atoms with Crippen LogP contribution in [0, 0.1) is 0 Å². The smallest absolute Gasteiger partial charge is 0.189 e. The van der Waals surface area contributed by atoms with Gasteiger partial charge in [-0.1, -0.05) is 41.6 Å². The first kappa shape index (κ1) is 23.5. The molecule has 5 rings (SSSR count). The minimum Gasteiger partial charge on any atom is -0.382 e. The zero-order valence-corrected chi connectivity index (χ0v) is 19.9. The summed E-state index contributed by atoms with van der Waals surface area (Å²) in [7, 11) is 0. The molecule has 0 radical (unpaired) electrons. The summed E-state index contributed by atoms with van der Waals surface area (Å²) in [5.74, 6) is 0.720. The lowest BCUT2D eigenvalue weighted by Gasteiger charge is -2.21. The van der Waals surface area contributed by atoms with E-state index in [1.165, 1.54) is 4.90 Å². The van der Waals surface area contributed by atoms with Gasteiger partial charge in [0.1, 0.15) is 12.5 Å². The van der Waals surface area contributed by atoms with Crippen molar-refractivity contribution >= 4 is 17.6 Å². The molecule has 0 saturated carbocycles. The third-order valence-electron chi connectivity index (χ3n) is 5.84. The van der Waals surface area contributed by atoms with E-state index in [-0.39, 0.29) is 5.82 Å². The second kappa shape index (κ2) is 11.0. The SMILES string of the molecule is Nc1ncc(-c2ccc(SC3CCOCC3)cc2)nc1-c1cc(-c2ccc(CNCF)cc2)no1. The summed E-state index contributed by atoms with van der Waals surface area (Å²) in [6, 6.07) is 17.8. The molecule has 0 amide bonds. The van der Waals surface area contributed by atoms with Gasteiger partial charge < -0.3 is 15.0 Å². The van der Waals surface area contributed by atoms with Crippen molar-refractivity contribution in [1.29, 1.82) is 0 Å². The van der Waals surface area contributed by atoms with Gasteiger partial charge in [0.25, 0.3) is 0 Å². The number of hydrogen-bond donors (Lipinski definition) is 2. The Morgan fingerprint density at radius 2 is 1.71 bits per heavy atom. The highest BCUT2D eigenvalue weighted by Crippen LogP contribution is 2.33. The molecule has 2 aromatic carbocycles. The van der Waals surface area contributed by atoms with Crippen LogP contribution in [-0.2, 0) is 11.3 Å². The first-order chi connectivity index (χ1) is 17.2. The molecule has 3 N–H and O–H groups in total. The number of nitrogens with two attached hydrogens (primary N) is 1. The molecule has 1 fully saturated rings. The van der Waals surface area contributed by atoms with Crippen LogP contribution in [0.4, 0.5) is 10.2 Å². The van der Waals surface area contributed by atoms with Crippen LogP contribution in [0.25, 0.3) is 34.0 Å². The van der Waals surface area contributed by atoms with E-state index in [2.05, 4.69) is 39.7 Å². The van der Waals surface area contributed by atoms with Gasteiger partial charge in [0.2, 0.25) is 0 Å². The second-order valence-corrected chi connectivity index (χ2v) is 9.65. The monoisotopic (exact) mass is 491 g/mol. The third kappa shape index (κ3) is 5.70. The van der Waals surface area contributed by atoms with Gasteiger partial charge in [-0.25, -0.2) is 14.4 Å². The largest absolute Gasteiger partial charge is 0.382 e. The van der Waals surface area contributed by atoms with Crippen molar-refractivity contribution in [3.05, 3.63) is 66.4 Å². The molecule has 1 aliphatic rings. The van der Waals surface area contributed by atoms with E-state index in [4.69, 9.17) is 20.0 Å². The van der Waals surface area contributed by atoms with Crippen LogP contribution in [0.2, 0.25) is 0 Å². The third-order valence-corrected chi connectivity index (χ3v) is 7.19. The number of alkyl halides is 1. The number of hydrogen-bond acceptors (Lipinski definition) is 8. The Balaban J connectivity index is 1.33. The summed E-state index contributed by atoms with van der Waals surface area (Å²) in [6.07, 6.45) is 3.83. The van der Waals surface area contributed by atoms with Gasteiger partial charge in [-0.2, -0.15) is 0 Å². The Hall–Kier alpha value is -3.27. The lowest BCUT2D eigenvalue weighted by molar-refractivity contribution is 0.100. The van der Waals surface area contributed by atoms with Crippen LogP contribution in [0.3, 0.4) is 0 Å². The average Bonchev–Trinajstić information content (AvgIpc) is 3.39.